The van der Waals surface area contributed by atoms with Gasteiger partial charge in [0.05, 0.1) is 5.52 Å². The van der Waals surface area contributed by atoms with E-state index in [1.54, 1.807) is 0 Å². The predicted molar refractivity (Wildman–Crippen MR) is 233 cm³/mol. The Balaban J connectivity index is 0.983. The highest BCUT2D eigenvalue weighted by Gasteiger charge is 2.16. The van der Waals surface area contributed by atoms with Gasteiger partial charge in [0.15, 0.2) is 5.58 Å². The van der Waals surface area contributed by atoms with E-state index in [4.69, 9.17) is 14.4 Å². The number of oxazole rings is 1. The Morgan fingerprint density at radius 1 is 0.357 bits per heavy atom. The molecule has 0 aliphatic rings. The van der Waals surface area contributed by atoms with Gasteiger partial charge in [0.2, 0.25) is 5.89 Å². The quantitative estimate of drug-likeness (QED) is 0.161. The lowest BCUT2D eigenvalue weighted by Gasteiger charge is -2.26. The summed E-state index contributed by atoms with van der Waals surface area (Å²) in [6, 6.07) is 68.9. The standard InChI is InChI=1S/C52H33N3O/c1-2-8-37-29-38(14-13-34(37)7-1)39-21-27-47-40(30-39)15-16-41-32-46(26-28-48(41)47)55(45-24-19-36(20-25-45)52-54-50-11-5-6-12-51(50)56-52)44-22-17-35(18-23-44)43-31-42-9-3-4-10-49(42)53-33-43/h1-33H. The second kappa shape index (κ2) is 13.1. The van der Waals surface area contributed by atoms with Gasteiger partial charge in [0.1, 0.15) is 5.52 Å². The van der Waals surface area contributed by atoms with Crippen LogP contribution in [0.2, 0.25) is 0 Å². The first-order chi connectivity index (χ1) is 27.7. The van der Waals surface area contributed by atoms with Crippen LogP contribution in [0.3, 0.4) is 0 Å². The average molecular weight is 716 g/mol. The highest BCUT2D eigenvalue weighted by atomic mass is 16.3. The highest BCUT2D eigenvalue weighted by Crippen LogP contribution is 2.40. The maximum absolute atomic E-state index is 6.11. The lowest BCUT2D eigenvalue weighted by atomic mass is 9.96. The van der Waals surface area contributed by atoms with Crippen LogP contribution in [0.5, 0.6) is 0 Å². The Hall–Kier alpha value is -7.56. The number of anilines is 3. The minimum Gasteiger partial charge on any atom is -0.436 e. The van der Waals surface area contributed by atoms with Crippen molar-refractivity contribution in [3.8, 4) is 33.7 Å². The number of aromatic nitrogens is 2. The van der Waals surface area contributed by atoms with Crippen LogP contribution in [0.15, 0.2) is 205 Å². The summed E-state index contributed by atoms with van der Waals surface area (Å²) in [6.45, 7) is 0. The normalized spacial score (nSPS) is 11.6. The SMILES string of the molecule is c1ccc2cc(-c3ccc4c(ccc5cc(N(c6ccc(-c7cnc8ccccc8c7)cc6)c6ccc(-c7nc8ccccc8o7)cc6)ccc54)c3)ccc2c1. The van der Waals surface area contributed by atoms with Crippen molar-refractivity contribution in [1.82, 2.24) is 9.97 Å². The summed E-state index contributed by atoms with van der Waals surface area (Å²) in [5.74, 6) is 0.610. The largest absolute Gasteiger partial charge is 0.436 e. The summed E-state index contributed by atoms with van der Waals surface area (Å²) < 4.78 is 6.11. The van der Waals surface area contributed by atoms with E-state index in [0.29, 0.717) is 5.89 Å². The monoisotopic (exact) mass is 715 g/mol. The lowest BCUT2D eigenvalue weighted by molar-refractivity contribution is 0.620. The third kappa shape index (κ3) is 5.64. The van der Waals surface area contributed by atoms with Gasteiger partial charge < -0.3 is 9.32 Å². The summed E-state index contributed by atoms with van der Waals surface area (Å²) in [6.07, 6.45) is 1.96. The first-order valence-electron chi connectivity index (χ1n) is 18.9. The van der Waals surface area contributed by atoms with E-state index in [1.807, 2.05) is 42.6 Å². The van der Waals surface area contributed by atoms with Gasteiger partial charge in [-0.05, 0) is 134 Å². The highest BCUT2D eigenvalue weighted by molar-refractivity contribution is 6.09. The van der Waals surface area contributed by atoms with E-state index >= 15 is 0 Å². The van der Waals surface area contributed by atoms with Crippen molar-refractivity contribution >= 4 is 71.4 Å². The van der Waals surface area contributed by atoms with Crippen molar-refractivity contribution in [2.45, 2.75) is 0 Å². The molecule has 0 aliphatic carbocycles. The first-order valence-corrected chi connectivity index (χ1v) is 18.9. The molecule has 0 saturated heterocycles. The molecule has 4 nitrogen and oxygen atoms in total. The summed E-state index contributed by atoms with van der Waals surface area (Å²) in [7, 11) is 0. The molecule has 9 aromatic carbocycles. The molecular formula is C52H33N3O. The van der Waals surface area contributed by atoms with Gasteiger partial charge in [0, 0.05) is 39.8 Å². The molecule has 0 aliphatic heterocycles. The van der Waals surface area contributed by atoms with Crippen LogP contribution >= 0.6 is 0 Å². The predicted octanol–water partition coefficient (Wildman–Crippen LogP) is 14.3. The number of para-hydroxylation sites is 3. The lowest BCUT2D eigenvalue weighted by Crippen LogP contribution is -2.09. The van der Waals surface area contributed by atoms with Crippen molar-refractivity contribution in [1.29, 1.82) is 0 Å². The summed E-state index contributed by atoms with van der Waals surface area (Å²) >= 11 is 0. The zero-order valence-corrected chi connectivity index (χ0v) is 30.3. The van der Waals surface area contributed by atoms with E-state index in [-0.39, 0.29) is 0 Å². The maximum atomic E-state index is 6.11. The molecule has 0 unspecified atom stereocenters. The zero-order chi connectivity index (χ0) is 37.0. The second-order valence-electron chi connectivity index (χ2n) is 14.3. The molecular weight excluding hydrogens is 683 g/mol. The summed E-state index contributed by atoms with van der Waals surface area (Å²) in [5.41, 5.74) is 11.4. The average Bonchev–Trinajstić information content (AvgIpc) is 3.71. The summed E-state index contributed by atoms with van der Waals surface area (Å²) in [4.78, 5) is 11.8. The number of nitrogens with zero attached hydrogens (tertiary/aromatic N) is 3. The summed E-state index contributed by atoms with van der Waals surface area (Å²) in [5, 5.41) is 8.50. The molecule has 56 heavy (non-hydrogen) atoms. The van der Waals surface area contributed by atoms with Crippen molar-refractivity contribution < 1.29 is 4.42 Å². The molecule has 0 atom stereocenters. The van der Waals surface area contributed by atoms with Gasteiger partial charge in [-0.25, -0.2) is 4.98 Å². The van der Waals surface area contributed by atoms with Crippen LogP contribution in [0.1, 0.15) is 0 Å². The van der Waals surface area contributed by atoms with E-state index in [0.717, 1.165) is 55.8 Å². The van der Waals surface area contributed by atoms with Crippen molar-refractivity contribution in [3.63, 3.8) is 0 Å². The Kier molecular flexibility index (Phi) is 7.46. The Morgan fingerprint density at radius 3 is 1.66 bits per heavy atom. The molecule has 2 heterocycles. The van der Waals surface area contributed by atoms with E-state index in [9.17, 15) is 0 Å². The van der Waals surface area contributed by atoms with Gasteiger partial charge >= 0.3 is 0 Å². The second-order valence-corrected chi connectivity index (χ2v) is 14.3. The fourth-order valence-corrected chi connectivity index (χ4v) is 7.97. The molecule has 0 fully saturated rings. The van der Waals surface area contributed by atoms with E-state index in [1.165, 1.54) is 43.4 Å². The third-order valence-electron chi connectivity index (χ3n) is 10.9. The topological polar surface area (TPSA) is 42.2 Å². The molecule has 4 heteroatoms. The van der Waals surface area contributed by atoms with Gasteiger partial charge in [-0.3, -0.25) is 4.98 Å². The van der Waals surface area contributed by atoms with Gasteiger partial charge in [0.25, 0.3) is 0 Å². The van der Waals surface area contributed by atoms with Crippen LogP contribution in [0.25, 0.3) is 88.0 Å². The zero-order valence-electron chi connectivity index (χ0n) is 30.3. The maximum Gasteiger partial charge on any atom is 0.227 e. The molecule has 0 N–H and O–H groups in total. The van der Waals surface area contributed by atoms with Gasteiger partial charge in [-0.15, -0.1) is 0 Å². The third-order valence-corrected chi connectivity index (χ3v) is 10.9. The van der Waals surface area contributed by atoms with E-state index in [2.05, 4.69) is 163 Å². The van der Waals surface area contributed by atoms with Crippen LogP contribution in [-0.2, 0) is 0 Å². The van der Waals surface area contributed by atoms with Gasteiger partial charge in [-0.2, -0.15) is 0 Å². The fraction of sp³-hybridized carbons (Fsp3) is 0. The number of hydrogen-bond acceptors (Lipinski definition) is 4. The molecule has 11 rings (SSSR count). The molecule has 0 saturated carbocycles. The number of hydrogen-bond donors (Lipinski definition) is 0. The Bertz CT molecular complexity index is 3220. The van der Waals surface area contributed by atoms with Crippen LogP contribution in [0.4, 0.5) is 17.1 Å². The molecule has 0 bridgehead atoms. The molecule has 262 valence electrons. The number of benzene rings is 9. The minimum absolute atomic E-state index is 0.610. The van der Waals surface area contributed by atoms with Gasteiger partial charge in [-0.1, -0.05) is 109 Å². The van der Waals surface area contributed by atoms with Crippen LogP contribution in [0, 0.1) is 0 Å². The van der Waals surface area contributed by atoms with Crippen molar-refractivity contribution in [3.05, 3.63) is 200 Å². The number of fused-ring (bicyclic) bond motifs is 6. The Morgan fingerprint density at radius 2 is 0.893 bits per heavy atom. The molecule has 0 spiro atoms. The first kappa shape index (κ1) is 31.9. The molecule has 0 amide bonds. The Labute approximate surface area is 323 Å². The fourth-order valence-electron chi connectivity index (χ4n) is 7.97. The molecule has 11 aromatic rings. The number of pyridine rings is 1. The smallest absolute Gasteiger partial charge is 0.227 e. The van der Waals surface area contributed by atoms with E-state index < -0.39 is 0 Å². The van der Waals surface area contributed by atoms with Crippen LogP contribution < -0.4 is 4.90 Å². The minimum atomic E-state index is 0.610. The van der Waals surface area contributed by atoms with Crippen LogP contribution in [-0.4, -0.2) is 9.97 Å². The molecule has 0 radical (unpaired) electrons. The van der Waals surface area contributed by atoms with Crippen molar-refractivity contribution in [2.24, 2.45) is 0 Å². The molecule has 2 aromatic heterocycles. The van der Waals surface area contributed by atoms with Crippen molar-refractivity contribution in [2.75, 3.05) is 4.90 Å². The number of rotatable bonds is 6.